The third kappa shape index (κ3) is 5.29. The van der Waals surface area contributed by atoms with Gasteiger partial charge < -0.3 is 10.2 Å². The van der Waals surface area contributed by atoms with Gasteiger partial charge in [-0.25, -0.2) is 4.79 Å². The average molecular weight is 372 g/mol. The maximum absolute atomic E-state index is 12.0. The van der Waals surface area contributed by atoms with E-state index in [2.05, 4.69) is 34.5 Å². The molecule has 2 fully saturated rings. The van der Waals surface area contributed by atoms with E-state index in [-0.39, 0.29) is 24.4 Å². The first kappa shape index (κ1) is 19.4. The maximum atomic E-state index is 12.0. The lowest BCUT2D eigenvalue weighted by Crippen LogP contribution is -2.33. The first-order chi connectivity index (χ1) is 13.0. The van der Waals surface area contributed by atoms with Crippen LogP contribution in [0.1, 0.15) is 36.8 Å². The fourth-order valence-electron chi connectivity index (χ4n) is 3.54. The maximum Gasteiger partial charge on any atom is 0.326 e. The summed E-state index contributed by atoms with van der Waals surface area (Å²) in [7, 11) is 1.60. The van der Waals surface area contributed by atoms with Gasteiger partial charge in [-0.3, -0.25) is 19.4 Å². The van der Waals surface area contributed by atoms with Crippen LogP contribution in [0.3, 0.4) is 0 Å². The molecule has 2 aliphatic rings. The van der Waals surface area contributed by atoms with E-state index in [0.29, 0.717) is 25.9 Å². The Labute approximate surface area is 160 Å². The lowest BCUT2D eigenvalue weighted by atomic mass is 10.1. The van der Waals surface area contributed by atoms with Crippen molar-refractivity contribution in [3.63, 3.8) is 0 Å². The van der Waals surface area contributed by atoms with Gasteiger partial charge in [0, 0.05) is 33.1 Å². The minimum atomic E-state index is -0.283. The van der Waals surface area contributed by atoms with Gasteiger partial charge in [0.1, 0.15) is 6.54 Å². The molecule has 0 atom stereocenters. The summed E-state index contributed by atoms with van der Waals surface area (Å²) in [5.41, 5.74) is 2.37. The van der Waals surface area contributed by atoms with Crippen LogP contribution in [0.25, 0.3) is 0 Å². The summed E-state index contributed by atoms with van der Waals surface area (Å²) >= 11 is 0. The zero-order valence-corrected chi connectivity index (χ0v) is 15.9. The molecule has 7 heteroatoms. The lowest BCUT2D eigenvalue weighted by Gasteiger charge is -2.15. The van der Waals surface area contributed by atoms with Crippen molar-refractivity contribution in [2.75, 3.05) is 33.2 Å². The topological polar surface area (TPSA) is 73.0 Å². The van der Waals surface area contributed by atoms with Crippen LogP contribution in [0.15, 0.2) is 24.3 Å². The van der Waals surface area contributed by atoms with E-state index in [1.165, 1.54) is 41.3 Å². The summed E-state index contributed by atoms with van der Waals surface area (Å²) in [6, 6.07) is 8.09. The van der Waals surface area contributed by atoms with Crippen molar-refractivity contribution in [1.29, 1.82) is 0 Å². The molecule has 0 radical (unpaired) electrons. The molecule has 1 aromatic rings. The first-order valence-corrected chi connectivity index (χ1v) is 9.65. The van der Waals surface area contributed by atoms with E-state index in [1.54, 1.807) is 7.05 Å². The van der Waals surface area contributed by atoms with E-state index < -0.39 is 0 Å². The SMILES string of the molecule is CN1CC(=O)N(CCCC(=O)NCc2ccc(CN3CCCC3)cc2)C1=O. The van der Waals surface area contributed by atoms with Crippen LogP contribution in [-0.4, -0.2) is 65.8 Å². The van der Waals surface area contributed by atoms with Crippen LogP contribution in [-0.2, 0) is 22.7 Å². The second-order valence-corrected chi connectivity index (χ2v) is 7.36. The molecule has 3 rings (SSSR count). The summed E-state index contributed by atoms with van der Waals surface area (Å²) in [5.74, 6) is -0.263. The van der Waals surface area contributed by atoms with Gasteiger partial charge >= 0.3 is 6.03 Å². The van der Waals surface area contributed by atoms with E-state index in [1.807, 2.05) is 0 Å². The standard InChI is InChI=1S/C20H28N4O3/c1-22-15-19(26)24(20(22)27)12-4-5-18(25)21-13-16-6-8-17(9-7-16)14-23-10-2-3-11-23/h6-9H,2-5,10-15H2,1H3,(H,21,25). The summed E-state index contributed by atoms with van der Waals surface area (Å²) in [5, 5.41) is 2.90. The van der Waals surface area contributed by atoms with Crippen molar-refractivity contribution in [2.24, 2.45) is 0 Å². The molecule has 1 N–H and O–H groups in total. The fraction of sp³-hybridized carbons (Fsp3) is 0.550. The van der Waals surface area contributed by atoms with Crippen molar-refractivity contribution < 1.29 is 14.4 Å². The molecular weight excluding hydrogens is 344 g/mol. The van der Waals surface area contributed by atoms with Crippen LogP contribution in [0.4, 0.5) is 4.79 Å². The minimum Gasteiger partial charge on any atom is -0.352 e. The number of amides is 4. The highest BCUT2D eigenvalue weighted by Crippen LogP contribution is 2.13. The molecule has 0 aromatic heterocycles. The number of carbonyl (C=O) groups is 3. The molecule has 0 spiro atoms. The number of carbonyl (C=O) groups excluding carboxylic acids is 3. The number of likely N-dealkylation sites (N-methyl/N-ethyl adjacent to an activating group) is 1. The van der Waals surface area contributed by atoms with Gasteiger partial charge in [-0.15, -0.1) is 0 Å². The molecule has 2 aliphatic heterocycles. The molecule has 27 heavy (non-hydrogen) atoms. The molecule has 2 heterocycles. The van der Waals surface area contributed by atoms with Crippen LogP contribution >= 0.6 is 0 Å². The number of hydrogen-bond acceptors (Lipinski definition) is 4. The molecule has 146 valence electrons. The number of urea groups is 1. The Balaban J connectivity index is 1.35. The summed E-state index contributed by atoms with van der Waals surface area (Å²) < 4.78 is 0. The van der Waals surface area contributed by atoms with Crippen molar-refractivity contribution in [3.05, 3.63) is 35.4 Å². The molecular formula is C20H28N4O3. The zero-order chi connectivity index (χ0) is 19.2. The summed E-state index contributed by atoms with van der Waals surface area (Å²) in [4.78, 5) is 40.5. The highest BCUT2D eigenvalue weighted by atomic mass is 16.2. The Morgan fingerprint density at radius 2 is 1.74 bits per heavy atom. The summed E-state index contributed by atoms with van der Waals surface area (Å²) in [6.45, 7) is 4.27. The van der Waals surface area contributed by atoms with E-state index in [9.17, 15) is 14.4 Å². The predicted molar refractivity (Wildman–Crippen MR) is 102 cm³/mol. The third-order valence-electron chi connectivity index (χ3n) is 5.13. The van der Waals surface area contributed by atoms with Crippen molar-refractivity contribution in [2.45, 2.75) is 38.8 Å². The van der Waals surface area contributed by atoms with Gasteiger partial charge in [-0.2, -0.15) is 0 Å². The van der Waals surface area contributed by atoms with Crippen LogP contribution < -0.4 is 5.32 Å². The van der Waals surface area contributed by atoms with Crippen molar-refractivity contribution in [3.8, 4) is 0 Å². The largest absolute Gasteiger partial charge is 0.352 e. The smallest absolute Gasteiger partial charge is 0.326 e. The molecule has 0 bridgehead atoms. The normalized spacial score (nSPS) is 17.8. The third-order valence-corrected chi connectivity index (χ3v) is 5.13. The first-order valence-electron chi connectivity index (χ1n) is 9.65. The molecule has 0 aliphatic carbocycles. The highest BCUT2D eigenvalue weighted by molar-refractivity contribution is 6.01. The molecule has 0 unspecified atom stereocenters. The van der Waals surface area contributed by atoms with Gasteiger partial charge in [-0.05, 0) is 43.5 Å². The number of likely N-dealkylation sites (tertiary alicyclic amines) is 1. The van der Waals surface area contributed by atoms with Gasteiger partial charge in [0.2, 0.25) is 11.8 Å². The number of rotatable bonds is 8. The van der Waals surface area contributed by atoms with Gasteiger partial charge in [0.05, 0.1) is 0 Å². The summed E-state index contributed by atoms with van der Waals surface area (Å²) in [6.07, 6.45) is 3.36. The average Bonchev–Trinajstić information content (AvgIpc) is 3.24. The van der Waals surface area contributed by atoms with Gasteiger partial charge in [-0.1, -0.05) is 24.3 Å². The second-order valence-electron chi connectivity index (χ2n) is 7.36. The Morgan fingerprint density at radius 3 is 2.37 bits per heavy atom. The number of benzene rings is 1. The Kier molecular flexibility index (Phi) is 6.45. The molecule has 4 amide bonds. The van der Waals surface area contributed by atoms with Gasteiger partial charge in [0.25, 0.3) is 0 Å². The Hall–Kier alpha value is -2.41. The second kappa shape index (κ2) is 8.99. The number of nitrogens with zero attached hydrogens (tertiary/aromatic N) is 3. The Bertz CT molecular complexity index is 683. The van der Waals surface area contributed by atoms with E-state index in [4.69, 9.17) is 0 Å². The number of imide groups is 1. The molecule has 2 saturated heterocycles. The fourth-order valence-corrected chi connectivity index (χ4v) is 3.54. The van der Waals surface area contributed by atoms with E-state index >= 15 is 0 Å². The van der Waals surface area contributed by atoms with Crippen LogP contribution in [0, 0.1) is 0 Å². The van der Waals surface area contributed by atoms with Crippen molar-refractivity contribution in [1.82, 2.24) is 20.0 Å². The Morgan fingerprint density at radius 1 is 1.07 bits per heavy atom. The van der Waals surface area contributed by atoms with Gasteiger partial charge in [0.15, 0.2) is 0 Å². The number of hydrogen-bond donors (Lipinski definition) is 1. The van der Waals surface area contributed by atoms with Crippen LogP contribution in [0.5, 0.6) is 0 Å². The quantitative estimate of drug-likeness (QED) is 0.703. The van der Waals surface area contributed by atoms with Crippen molar-refractivity contribution >= 4 is 17.8 Å². The monoisotopic (exact) mass is 372 g/mol. The molecule has 1 aromatic carbocycles. The predicted octanol–water partition coefficient (Wildman–Crippen LogP) is 1.57. The lowest BCUT2D eigenvalue weighted by molar-refractivity contribution is -0.126. The minimum absolute atomic E-state index is 0.0661. The highest BCUT2D eigenvalue weighted by Gasteiger charge is 2.32. The van der Waals surface area contributed by atoms with E-state index in [0.717, 1.165) is 12.1 Å². The van der Waals surface area contributed by atoms with Crippen LogP contribution in [0.2, 0.25) is 0 Å². The zero-order valence-electron chi connectivity index (χ0n) is 15.9. The number of nitrogens with one attached hydrogen (secondary N) is 1. The molecule has 0 saturated carbocycles. The molecule has 7 nitrogen and oxygen atoms in total.